The summed E-state index contributed by atoms with van der Waals surface area (Å²) in [5, 5.41) is 20.3. The number of nitrogens with one attached hydrogen (secondary N) is 1. The number of esters is 1. The van der Waals surface area contributed by atoms with Crippen LogP contribution >= 0.6 is 0 Å². The van der Waals surface area contributed by atoms with Crippen LogP contribution in [0.2, 0.25) is 0 Å². The molecule has 0 aromatic heterocycles. The van der Waals surface area contributed by atoms with Gasteiger partial charge < -0.3 is 29.7 Å². The fourth-order valence-electron chi connectivity index (χ4n) is 1.86. The van der Waals surface area contributed by atoms with E-state index in [4.69, 9.17) is 19.7 Å². The molecule has 0 radical (unpaired) electrons. The van der Waals surface area contributed by atoms with Crippen molar-refractivity contribution in [1.29, 1.82) is 0 Å². The van der Waals surface area contributed by atoms with E-state index in [2.05, 4.69) is 10.1 Å². The molecule has 10 heteroatoms. The second kappa shape index (κ2) is 14.2. The van der Waals surface area contributed by atoms with Crippen molar-refractivity contribution in [3.05, 3.63) is 0 Å². The van der Waals surface area contributed by atoms with Gasteiger partial charge in [0.25, 0.3) is 0 Å². The lowest BCUT2D eigenvalue weighted by Gasteiger charge is -2.16. The number of carboxylic acids is 1. The van der Waals surface area contributed by atoms with Gasteiger partial charge in [-0.15, -0.1) is 0 Å². The van der Waals surface area contributed by atoms with Crippen molar-refractivity contribution in [1.82, 2.24) is 5.32 Å². The van der Waals surface area contributed by atoms with Gasteiger partial charge in [-0.3, -0.25) is 14.4 Å². The van der Waals surface area contributed by atoms with Gasteiger partial charge in [0.05, 0.1) is 19.8 Å². The summed E-state index contributed by atoms with van der Waals surface area (Å²) in [5.74, 6) is -3.91. The number of rotatable bonds is 15. The second-order valence-corrected chi connectivity index (χ2v) is 5.55. The first-order valence-electron chi connectivity index (χ1n) is 8.20. The van der Waals surface area contributed by atoms with E-state index in [1.54, 1.807) is 0 Å². The number of aliphatic hydroxyl groups is 1. The molecule has 0 fully saturated rings. The first-order valence-corrected chi connectivity index (χ1v) is 8.20. The number of methoxy groups -OCH3 is 1. The first-order chi connectivity index (χ1) is 12.3. The Balaban J connectivity index is 4.39. The van der Waals surface area contributed by atoms with Gasteiger partial charge in [-0.25, -0.2) is 4.79 Å². The molecule has 0 aliphatic rings. The third kappa shape index (κ3) is 12.3. The number of aliphatic hydroxyl groups excluding tert-OH is 1. The number of ether oxygens (including phenoxy) is 3. The van der Waals surface area contributed by atoms with E-state index in [0.717, 1.165) is 0 Å². The van der Waals surface area contributed by atoms with E-state index in [9.17, 15) is 19.2 Å². The standard InChI is InChI=1S/C16H27NO9/c1-11(18)16(23)26-10-13(19)9-12(3-4-14(20)21)15(22)17-5-6-25-8-7-24-2/h11-12,18H,3-10H2,1-2H3,(H,17,22)(H,20,21)/t11?,12-/m0/s1. The van der Waals surface area contributed by atoms with Crippen LogP contribution in [0.1, 0.15) is 26.2 Å². The van der Waals surface area contributed by atoms with E-state index in [1.165, 1.54) is 14.0 Å². The highest BCUT2D eigenvalue weighted by molar-refractivity contribution is 5.89. The Morgan fingerprint density at radius 1 is 1.12 bits per heavy atom. The lowest BCUT2D eigenvalue weighted by atomic mass is 9.96. The van der Waals surface area contributed by atoms with Crippen LogP contribution in [0.4, 0.5) is 0 Å². The first kappa shape index (κ1) is 24.0. The number of carbonyl (C=O) groups is 4. The van der Waals surface area contributed by atoms with Crippen LogP contribution < -0.4 is 5.32 Å². The maximum atomic E-state index is 12.1. The topological polar surface area (TPSA) is 148 Å². The Hall–Kier alpha value is -2.04. The van der Waals surface area contributed by atoms with Crippen molar-refractivity contribution in [2.24, 2.45) is 5.92 Å². The van der Waals surface area contributed by atoms with Crippen molar-refractivity contribution in [3.63, 3.8) is 0 Å². The lowest BCUT2D eigenvalue weighted by Crippen LogP contribution is -2.35. The minimum Gasteiger partial charge on any atom is -0.481 e. The van der Waals surface area contributed by atoms with Crippen molar-refractivity contribution in [2.45, 2.75) is 32.3 Å². The zero-order valence-electron chi connectivity index (χ0n) is 15.1. The quantitative estimate of drug-likeness (QED) is 0.244. The highest BCUT2D eigenvalue weighted by Crippen LogP contribution is 2.13. The predicted octanol–water partition coefficient (Wildman–Crippen LogP) is -0.870. The number of Topliss-reactive ketones (excluding diaryl/α,β-unsaturated/α-hetero) is 1. The highest BCUT2D eigenvalue weighted by atomic mass is 16.5. The largest absolute Gasteiger partial charge is 0.481 e. The Morgan fingerprint density at radius 3 is 2.38 bits per heavy atom. The zero-order chi connectivity index (χ0) is 19.9. The maximum Gasteiger partial charge on any atom is 0.335 e. The molecular weight excluding hydrogens is 350 g/mol. The summed E-state index contributed by atoms with van der Waals surface area (Å²) in [4.78, 5) is 45.8. The molecule has 0 aliphatic carbocycles. The third-order valence-corrected chi connectivity index (χ3v) is 3.25. The highest BCUT2D eigenvalue weighted by Gasteiger charge is 2.23. The monoisotopic (exact) mass is 377 g/mol. The second-order valence-electron chi connectivity index (χ2n) is 5.55. The molecule has 1 unspecified atom stereocenters. The molecule has 0 spiro atoms. The van der Waals surface area contributed by atoms with Crippen LogP contribution in [0.3, 0.4) is 0 Å². The summed E-state index contributed by atoms with van der Waals surface area (Å²) in [5.41, 5.74) is 0. The molecule has 150 valence electrons. The molecule has 0 bridgehead atoms. The molecule has 0 rings (SSSR count). The average molecular weight is 377 g/mol. The summed E-state index contributed by atoms with van der Waals surface area (Å²) in [6, 6.07) is 0. The lowest BCUT2D eigenvalue weighted by molar-refractivity contribution is -0.155. The van der Waals surface area contributed by atoms with E-state index in [1.807, 2.05) is 0 Å². The van der Waals surface area contributed by atoms with Gasteiger partial charge >= 0.3 is 11.9 Å². The van der Waals surface area contributed by atoms with E-state index in [-0.39, 0.29) is 32.4 Å². The van der Waals surface area contributed by atoms with E-state index in [0.29, 0.717) is 13.2 Å². The number of hydrogen-bond acceptors (Lipinski definition) is 8. The molecule has 0 aromatic rings. The van der Waals surface area contributed by atoms with E-state index >= 15 is 0 Å². The number of ketones is 1. The molecule has 1 amide bonds. The number of hydrogen-bond donors (Lipinski definition) is 3. The summed E-state index contributed by atoms with van der Waals surface area (Å²) in [6.45, 7) is 1.88. The van der Waals surface area contributed by atoms with Crippen LogP contribution in [-0.4, -0.2) is 80.0 Å². The summed E-state index contributed by atoms with van der Waals surface area (Å²) in [6.07, 6.45) is -1.92. The summed E-state index contributed by atoms with van der Waals surface area (Å²) >= 11 is 0. The minimum atomic E-state index is -1.35. The van der Waals surface area contributed by atoms with Gasteiger partial charge in [-0.1, -0.05) is 0 Å². The Kier molecular flexibility index (Phi) is 13.1. The number of aliphatic carboxylic acids is 1. The Bertz CT molecular complexity index is 465. The number of carboxylic acid groups (broad SMARTS) is 1. The van der Waals surface area contributed by atoms with Crippen LogP contribution in [-0.2, 0) is 33.4 Å². The van der Waals surface area contributed by atoms with Crippen LogP contribution in [0.15, 0.2) is 0 Å². The van der Waals surface area contributed by atoms with Gasteiger partial charge in [0.2, 0.25) is 5.91 Å². The average Bonchev–Trinajstić information content (AvgIpc) is 2.58. The molecule has 3 N–H and O–H groups in total. The minimum absolute atomic E-state index is 0.0260. The molecule has 0 saturated carbocycles. The smallest absolute Gasteiger partial charge is 0.335 e. The Morgan fingerprint density at radius 2 is 1.81 bits per heavy atom. The van der Waals surface area contributed by atoms with Crippen molar-refractivity contribution >= 4 is 23.6 Å². The van der Waals surface area contributed by atoms with Gasteiger partial charge in [0.1, 0.15) is 12.7 Å². The third-order valence-electron chi connectivity index (χ3n) is 3.25. The molecule has 0 saturated heterocycles. The SMILES string of the molecule is COCCOCCNC(=O)[C@@H](CCC(=O)O)CC(=O)COC(=O)C(C)O. The molecular formula is C16H27NO9. The van der Waals surface area contributed by atoms with Crippen molar-refractivity contribution in [2.75, 3.05) is 40.1 Å². The van der Waals surface area contributed by atoms with Crippen LogP contribution in [0.25, 0.3) is 0 Å². The molecule has 2 atom stereocenters. The number of amides is 1. The summed E-state index contributed by atoms with van der Waals surface area (Å²) in [7, 11) is 1.54. The van der Waals surface area contributed by atoms with Crippen molar-refractivity contribution in [3.8, 4) is 0 Å². The summed E-state index contributed by atoms with van der Waals surface area (Å²) < 4.78 is 14.6. The van der Waals surface area contributed by atoms with Gasteiger partial charge in [0.15, 0.2) is 5.78 Å². The van der Waals surface area contributed by atoms with Crippen LogP contribution in [0, 0.1) is 5.92 Å². The van der Waals surface area contributed by atoms with Crippen LogP contribution in [0.5, 0.6) is 0 Å². The van der Waals surface area contributed by atoms with Crippen molar-refractivity contribution < 1.29 is 43.6 Å². The molecule has 0 aliphatic heterocycles. The zero-order valence-corrected chi connectivity index (χ0v) is 15.1. The maximum absolute atomic E-state index is 12.1. The normalized spacial score (nSPS) is 12.9. The molecule has 26 heavy (non-hydrogen) atoms. The van der Waals surface area contributed by atoms with Gasteiger partial charge in [-0.2, -0.15) is 0 Å². The predicted molar refractivity (Wildman–Crippen MR) is 88.3 cm³/mol. The molecule has 0 aromatic carbocycles. The number of carbonyl (C=O) groups excluding carboxylic acids is 3. The van der Waals surface area contributed by atoms with E-state index < -0.39 is 42.3 Å². The molecule has 0 heterocycles. The molecule has 10 nitrogen and oxygen atoms in total. The fourth-order valence-corrected chi connectivity index (χ4v) is 1.86. The van der Waals surface area contributed by atoms with Gasteiger partial charge in [0, 0.05) is 32.4 Å². The fraction of sp³-hybridized carbons (Fsp3) is 0.750. The van der Waals surface area contributed by atoms with Gasteiger partial charge in [-0.05, 0) is 13.3 Å². The Labute approximate surface area is 151 Å².